The molecule has 132 valence electrons. The first-order chi connectivity index (χ1) is 12.7. The monoisotopic (exact) mass is 384 g/mol. The number of amides is 1. The lowest BCUT2D eigenvalue weighted by Gasteiger charge is -2.11. The number of nitrogens with one attached hydrogen (secondary N) is 2. The summed E-state index contributed by atoms with van der Waals surface area (Å²) in [4.78, 5) is 29.3. The van der Waals surface area contributed by atoms with Crippen molar-refractivity contribution in [2.45, 2.75) is 42.9 Å². The van der Waals surface area contributed by atoms with Crippen molar-refractivity contribution < 1.29 is 4.79 Å². The van der Waals surface area contributed by atoms with Crippen molar-refractivity contribution in [3.8, 4) is 6.07 Å². The number of aryl methyl sites for hydroxylation is 1. The molecule has 9 heteroatoms. The molecule has 26 heavy (non-hydrogen) atoms. The number of aromatic nitrogens is 4. The number of aromatic amines is 1. The SMILES string of the molecule is CC(Sc1ncnc2nc[nH]c12)C(=O)Nc1sc2c(c1C#N)CCCC2. The first-order valence-electron chi connectivity index (χ1n) is 8.33. The Hall–Kier alpha value is -2.44. The summed E-state index contributed by atoms with van der Waals surface area (Å²) < 4.78 is 0. The number of anilines is 1. The van der Waals surface area contributed by atoms with Crippen molar-refractivity contribution in [1.29, 1.82) is 5.26 Å². The fraction of sp³-hybridized carbons (Fsp3) is 0.353. The van der Waals surface area contributed by atoms with Crippen LogP contribution in [0.1, 0.15) is 35.8 Å². The summed E-state index contributed by atoms with van der Waals surface area (Å²) in [5, 5.41) is 13.4. The van der Waals surface area contributed by atoms with Crippen LogP contribution in [0.3, 0.4) is 0 Å². The summed E-state index contributed by atoms with van der Waals surface area (Å²) in [6.45, 7) is 1.82. The average molecular weight is 384 g/mol. The van der Waals surface area contributed by atoms with E-state index in [-0.39, 0.29) is 11.2 Å². The Morgan fingerprint density at radius 2 is 2.23 bits per heavy atom. The van der Waals surface area contributed by atoms with Gasteiger partial charge in [-0.3, -0.25) is 4.79 Å². The van der Waals surface area contributed by atoms with Gasteiger partial charge in [0.1, 0.15) is 27.9 Å². The van der Waals surface area contributed by atoms with E-state index in [0.29, 0.717) is 21.2 Å². The van der Waals surface area contributed by atoms with E-state index < -0.39 is 0 Å². The Morgan fingerprint density at radius 1 is 1.38 bits per heavy atom. The zero-order chi connectivity index (χ0) is 18.1. The molecule has 1 amide bonds. The molecule has 3 aromatic rings. The summed E-state index contributed by atoms with van der Waals surface area (Å²) in [5.74, 6) is -0.142. The molecule has 7 nitrogen and oxygen atoms in total. The van der Waals surface area contributed by atoms with Crippen LogP contribution in [0.5, 0.6) is 0 Å². The van der Waals surface area contributed by atoms with Gasteiger partial charge in [-0.2, -0.15) is 5.26 Å². The number of carbonyl (C=O) groups is 1. The third kappa shape index (κ3) is 3.06. The van der Waals surface area contributed by atoms with Crippen LogP contribution in [0.25, 0.3) is 11.2 Å². The second kappa shape index (κ2) is 7.05. The largest absolute Gasteiger partial charge is 0.341 e. The maximum atomic E-state index is 12.7. The number of nitriles is 1. The lowest BCUT2D eigenvalue weighted by atomic mass is 9.96. The minimum Gasteiger partial charge on any atom is -0.341 e. The summed E-state index contributed by atoms with van der Waals surface area (Å²) in [6.07, 6.45) is 7.17. The highest BCUT2D eigenvalue weighted by Crippen LogP contribution is 2.38. The Balaban J connectivity index is 1.52. The minimum atomic E-state index is -0.373. The number of hydrogen-bond donors (Lipinski definition) is 2. The van der Waals surface area contributed by atoms with Gasteiger partial charge in [0.2, 0.25) is 5.91 Å². The van der Waals surface area contributed by atoms with E-state index in [2.05, 4.69) is 31.3 Å². The number of thioether (sulfide) groups is 1. The van der Waals surface area contributed by atoms with Crippen molar-refractivity contribution in [3.63, 3.8) is 0 Å². The zero-order valence-corrected chi connectivity index (χ0v) is 15.7. The van der Waals surface area contributed by atoms with Crippen LogP contribution in [-0.4, -0.2) is 31.1 Å². The van der Waals surface area contributed by atoms with E-state index >= 15 is 0 Å². The first kappa shape index (κ1) is 17.0. The predicted molar refractivity (Wildman–Crippen MR) is 101 cm³/mol. The number of rotatable bonds is 4. The molecule has 0 aromatic carbocycles. The summed E-state index contributed by atoms with van der Waals surface area (Å²) in [7, 11) is 0. The fourth-order valence-electron chi connectivity index (χ4n) is 3.04. The highest BCUT2D eigenvalue weighted by Gasteiger charge is 2.24. The standard InChI is InChI=1S/C17H16N6OS2/c1-9(25-17-13-14(20-7-19-13)21-8-22-17)15(24)23-16-11(6-18)10-4-2-3-5-12(10)26-16/h7-9H,2-5H2,1H3,(H,23,24)(H,19,20,21,22). The molecule has 0 aliphatic heterocycles. The Bertz CT molecular complexity index is 1020. The van der Waals surface area contributed by atoms with Crippen LogP contribution in [0.4, 0.5) is 5.00 Å². The summed E-state index contributed by atoms with van der Waals surface area (Å²) in [5.41, 5.74) is 3.05. The van der Waals surface area contributed by atoms with E-state index in [9.17, 15) is 10.1 Å². The number of H-pyrrole nitrogens is 1. The van der Waals surface area contributed by atoms with Gasteiger partial charge < -0.3 is 10.3 Å². The number of thiophene rings is 1. The molecular weight excluding hydrogens is 368 g/mol. The molecule has 1 unspecified atom stereocenters. The van der Waals surface area contributed by atoms with Crippen molar-refractivity contribution in [2.24, 2.45) is 0 Å². The smallest absolute Gasteiger partial charge is 0.238 e. The molecule has 3 heterocycles. The first-order valence-corrected chi connectivity index (χ1v) is 10.0. The zero-order valence-electron chi connectivity index (χ0n) is 14.1. The van der Waals surface area contributed by atoms with Crippen molar-refractivity contribution in [2.75, 3.05) is 5.32 Å². The van der Waals surface area contributed by atoms with Gasteiger partial charge in [-0.1, -0.05) is 11.8 Å². The Kier molecular flexibility index (Phi) is 4.61. The summed E-state index contributed by atoms with van der Waals surface area (Å²) in [6, 6.07) is 2.27. The minimum absolute atomic E-state index is 0.142. The van der Waals surface area contributed by atoms with Gasteiger partial charge in [-0.05, 0) is 38.2 Å². The normalized spacial score (nSPS) is 14.6. The molecule has 0 bridgehead atoms. The lowest BCUT2D eigenvalue weighted by Crippen LogP contribution is -2.22. The third-order valence-electron chi connectivity index (χ3n) is 4.37. The quantitative estimate of drug-likeness (QED) is 0.528. The van der Waals surface area contributed by atoms with E-state index in [0.717, 1.165) is 36.8 Å². The molecule has 3 aromatic heterocycles. The number of imidazole rings is 1. The number of fused-ring (bicyclic) bond motifs is 2. The molecule has 0 saturated carbocycles. The molecule has 0 radical (unpaired) electrons. The van der Waals surface area contributed by atoms with Gasteiger partial charge in [0.25, 0.3) is 0 Å². The van der Waals surface area contributed by atoms with E-state index in [1.807, 2.05) is 6.92 Å². The molecule has 2 N–H and O–H groups in total. The van der Waals surface area contributed by atoms with Gasteiger partial charge in [-0.15, -0.1) is 11.3 Å². The topological polar surface area (TPSA) is 107 Å². The Morgan fingerprint density at radius 3 is 3.08 bits per heavy atom. The molecule has 1 aliphatic carbocycles. The molecular formula is C17H16N6OS2. The van der Waals surface area contributed by atoms with Crippen LogP contribution in [-0.2, 0) is 17.6 Å². The highest BCUT2D eigenvalue weighted by atomic mass is 32.2. The van der Waals surface area contributed by atoms with E-state index in [1.165, 1.54) is 34.3 Å². The van der Waals surface area contributed by atoms with Gasteiger partial charge in [0, 0.05) is 4.88 Å². The van der Waals surface area contributed by atoms with Gasteiger partial charge >= 0.3 is 0 Å². The van der Waals surface area contributed by atoms with Crippen molar-refractivity contribution in [3.05, 3.63) is 28.7 Å². The van der Waals surface area contributed by atoms with E-state index in [1.54, 1.807) is 6.33 Å². The maximum Gasteiger partial charge on any atom is 0.238 e. The van der Waals surface area contributed by atoms with E-state index in [4.69, 9.17) is 0 Å². The fourth-order valence-corrected chi connectivity index (χ4v) is 5.16. The van der Waals surface area contributed by atoms with Crippen molar-refractivity contribution in [1.82, 2.24) is 19.9 Å². The molecule has 1 aliphatic rings. The average Bonchev–Trinajstić information content (AvgIpc) is 3.25. The number of carbonyl (C=O) groups excluding carboxylic acids is 1. The van der Waals surface area contributed by atoms with Gasteiger partial charge in [0.15, 0.2) is 5.65 Å². The van der Waals surface area contributed by atoms with Gasteiger partial charge in [0.05, 0.1) is 17.1 Å². The molecule has 1 atom stereocenters. The van der Waals surface area contributed by atoms with Crippen LogP contribution in [0, 0.1) is 11.3 Å². The predicted octanol–water partition coefficient (Wildman–Crippen LogP) is 3.28. The molecule has 0 spiro atoms. The summed E-state index contributed by atoms with van der Waals surface area (Å²) >= 11 is 2.88. The Labute approximate surface area is 158 Å². The molecule has 0 fully saturated rings. The third-order valence-corrected chi connectivity index (χ3v) is 6.67. The molecule has 0 saturated heterocycles. The number of hydrogen-bond acceptors (Lipinski definition) is 7. The van der Waals surface area contributed by atoms with Gasteiger partial charge in [-0.25, -0.2) is 15.0 Å². The van der Waals surface area contributed by atoms with Crippen LogP contribution in [0.15, 0.2) is 17.7 Å². The highest BCUT2D eigenvalue weighted by molar-refractivity contribution is 8.00. The molecule has 4 rings (SSSR count). The maximum absolute atomic E-state index is 12.7. The van der Waals surface area contributed by atoms with Crippen LogP contribution >= 0.6 is 23.1 Å². The lowest BCUT2D eigenvalue weighted by molar-refractivity contribution is -0.115. The van der Waals surface area contributed by atoms with Crippen molar-refractivity contribution >= 4 is 45.2 Å². The van der Waals surface area contributed by atoms with Crippen LogP contribution < -0.4 is 5.32 Å². The second-order valence-electron chi connectivity index (χ2n) is 6.06. The van der Waals surface area contributed by atoms with Crippen LogP contribution in [0.2, 0.25) is 0 Å². The number of nitrogens with zero attached hydrogens (tertiary/aromatic N) is 4. The second-order valence-corrected chi connectivity index (χ2v) is 8.49.